The molecule has 1 radical (unpaired) electrons. The molecule has 1 atom stereocenters. The lowest BCUT2D eigenvalue weighted by molar-refractivity contribution is -0.126. The second kappa shape index (κ2) is 8.85. The first-order valence-electron chi connectivity index (χ1n) is 9.28. The van der Waals surface area contributed by atoms with Gasteiger partial charge in [-0.2, -0.15) is 5.10 Å². The number of nitrogens with zero attached hydrogens (tertiary/aromatic N) is 1. The van der Waals surface area contributed by atoms with Gasteiger partial charge in [-0.05, 0) is 68.6 Å². The summed E-state index contributed by atoms with van der Waals surface area (Å²) in [6.07, 6.45) is 4.01. The highest BCUT2D eigenvalue weighted by atomic mass is 16.5. The summed E-state index contributed by atoms with van der Waals surface area (Å²) in [6, 6.07) is 8.78. The Kier molecular flexibility index (Phi) is 6.28. The van der Waals surface area contributed by atoms with Gasteiger partial charge < -0.3 is 15.4 Å². The van der Waals surface area contributed by atoms with Crippen LogP contribution in [0.2, 0.25) is 0 Å². The van der Waals surface area contributed by atoms with E-state index in [0.29, 0.717) is 19.1 Å². The minimum absolute atomic E-state index is 0.0535. The SMILES string of the molecule is Cc1n[nH]cc1-c1c[c]cc(OCCNC(=O)C(C)C2CCNCC2)c1. The third kappa shape index (κ3) is 4.64. The molecule has 0 spiro atoms. The van der Waals surface area contributed by atoms with E-state index in [1.54, 1.807) is 6.07 Å². The van der Waals surface area contributed by atoms with E-state index < -0.39 is 0 Å². The Labute approximate surface area is 154 Å². The molecule has 1 saturated heterocycles. The van der Waals surface area contributed by atoms with Crippen molar-refractivity contribution >= 4 is 5.91 Å². The second-order valence-electron chi connectivity index (χ2n) is 6.86. The number of rotatable bonds is 7. The van der Waals surface area contributed by atoms with Crippen LogP contribution in [-0.2, 0) is 4.79 Å². The molecule has 1 fully saturated rings. The number of carbonyl (C=O) groups excluding carboxylic acids is 1. The summed E-state index contributed by atoms with van der Waals surface area (Å²) in [5, 5.41) is 13.3. The minimum Gasteiger partial charge on any atom is -0.492 e. The summed E-state index contributed by atoms with van der Waals surface area (Å²) in [7, 11) is 0. The molecular weight excluding hydrogens is 328 g/mol. The highest BCUT2D eigenvalue weighted by Gasteiger charge is 2.25. The summed E-state index contributed by atoms with van der Waals surface area (Å²) in [6.45, 7) is 6.94. The quantitative estimate of drug-likeness (QED) is 0.666. The number of hydrogen-bond donors (Lipinski definition) is 3. The maximum atomic E-state index is 12.3. The van der Waals surface area contributed by atoms with E-state index in [-0.39, 0.29) is 11.8 Å². The second-order valence-corrected chi connectivity index (χ2v) is 6.86. The molecule has 2 heterocycles. The van der Waals surface area contributed by atoms with Crippen molar-refractivity contribution in [1.29, 1.82) is 0 Å². The van der Waals surface area contributed by atoms with Gasteiger partial charge in [-0.3, -0.25) is 9.89 Å². The molecule has 1 aliphatic heterocycles. The van der Waals surface area contributed by atoms with E-state index in [4.69, 9.17) is 4.74 Å². The molecular formula is C20H27N4O2. The van der Waals surface area contributed by atoms with Crippen molar-refractivity contribution in [2.24, 2.45) is 11.8 Å². The van der Waals surface area contributed by atoms with Gasteiger partial charge in [-0.15, -0.1) is 0 Å². The number of aryl methyl sites for hydroxylation is 1. The first kappa shape index (κ1) is 18.5. The molecule has 1 amide bonds. The lowest BCUT2D eigenvalue weighted by Gasteiger charge is -2.27. The largest absolute Gasteiger partial charge is 0.492 e. The molecule has 0 aliphatic carbocycles. The van der Waals surface area contributed by atoms with Crippen LogP contribution in [0.5, 0.6) is 5.75 Å². The highest BCUT2D eigenvalue weighted by molar-refractivity contribution is 5.78. The van der Waals surface area contributed by atoms with Crippen molar-refractivity contribution < 1.29 is 9.53 Å². The number of amides is 1. The highest BCUT2D eigenvalue weighted by Crippen LogP contribution is 2.25. The number of nitrogens with one attached hydrogen (secondary N) is 3. The van der Waals surface area contributed by atoms with E-state index in [1.807, 2.05) is 32.2 Å². The summed E-state index contributed by atoms with van der Waals surface area (Å²) >= 11 is 0. The average Bonchev–Trinajstić information content (AvgIpc) is 3.11. The third-order valence-electron chi connectivity index (χ3n) is 5.08. The van der Waals surface area contributed by atoms with Gasteiger partial charge >= 0.3 is 0 Å². The fourth-order valence-corrected chi connectivity index (χ4v) is 3.40. The summed E-state index contributed by atoms with van der Waals surface area (Å²) < 4.78 is 5.77. The molecule has 1 aromatic carbocycles. The average molecular weight is 355 g/mol. The normalized spacial score (nSPS) is 16.2. The Balaban J connectivity index is 1.45. The Morgan fingerprint density at radius 2 is 2.23 bits per heavy atom. The molecule has 3 rings (SSSR count). The minimum atomic E-state index is 0.0535. The van der Waals surface area contributed by atoms with Crippen LogP contribution in [0.1, 0.15) is 25.5 Å². The molecule has 26 heavy (non-hydrogen) atoms. The van der Waals surface area contributed by atoms with E-state index in [9.17, 15) is 4.79 Å². The number of carbonyl (C=O) groups is 1. The number of ether oxygens (including phenoxy) is 1. The van der Waals surface area contributed by atoms with Gasteiger partial charge in [0.1, 0.15) is 12.4 Å². The first-order valence-corrected chi connectivity index (χ1v) is 9.28. The Morgan fingerprint density at radius 3 is 2.96 bits per heavy atom. The standard InChI is InChI=1S/C20H27N4O2/c1-14(16-6-8-21-9-7-16)20(25)22-10-11-26-18-5-3-4-17(12-18)19-13-23-24-15(19)2/h4-5,12-14,16,21H,6-11H2,1-2H3,(H,22,25)(H,23,24). The predicted octanol–water partition coefficient (Wildman–Crippen LogP) is 2.32. The van der Waals surface area contributed by atoms with E-state index in [1.165, 1.54) is 0 Å². The number of aromatic nitrogens is 2. The van der Waals surface area contributed by atoms with Gasteiger partial charge in [0.25, 0.3) is 0 Å². The molecule has 1 aliphatic rings. The third-order valence-corrected chi connectivity index (χ3v) is 5.08. The molecule has 3 N–H and O–H groups in total. The molecule has 1 aromatic heterocycles. The topological polar surface area (TPSA) is 79.0 Å². The number of benzene rings is 1. The Morgan fingerprint density at radius 1 is 1.42 bits per heavy atom. The molecule has 1 unspecified atom stereocenters. The van der Waals surface area contributed by atoms with Gasteiger partial charge in [-0.25, -0.2) is 0 Å². The van der Waals surface area contributed by atoms with Crippen molar-refractivity contribution in [1.82, 2.24) is 20.8 Å². The van der Waals surface area contributed by atoms with Crippen molar-refractivity contribution in [3.8, 4) is 16.9 Å². The van der Waals surface area contributed by atoms with Crippen LogP contribution in [0.15, 0.2) is 24.4 Å². The van der Waals surface area contributed by atoms with E-state index in [0.717, 1.165) is 48.5 Å². The van der Waals surface area contributed by atoms with Crippen LogP contribution in [0.25, 0.3) is 11.1 Å². The van der Waals surface area contributed by atoms with E-state index >= 15 is 0 Å². The maximum absolute atomic E-state index is 12.3. The number of H-pyrrole nitrogens is 1. The summed E-state index contributed by atoms with van der Waals surface area (Å²) in [5.41, 5.74) is 2.99. The molecule has 139 valence electrons. The van der Waals surface area contributed by atoms with Crippen LogP contribution in [-0.4, -0.2) is 42.3 Å². The van der Waals surface area contributed by atoms with Crippen LogP contribution in [0.4, 0.5) is 0 Å². The molecule has 0 bridgehead atoms. The Bertz CT molecular complexity index is 722. The van der Waals surface area contributed by atoms with Crippen molar-refractivity contribution in [3.05, 3.63) is 36.2 Å². The van der Waals surface area contributed by atoms with Crippen molar-refractivity contribution in [3.63, 3.8) is 0 Å². The van der Waals surface area contributed by atoms with Crippen LogP contribution in [0.3, 0.4) is 0 Å². The first-order chi connectivity index (χ1) is 12.6. The van der Waals surface area contributed by atoms with Gasteiger partial charge in [0.2, 0.25) is 5.91 Å². The number of aromatic amines is 1. The van der Waals surface area contributed by atoms with Crippen LogP contribution in [0, 0.1) is 24.8 Å². The zero-order valence-corrected chi connectivity index (χ0v) is 15.5. The van der Waals surface area contributed by atoms with Crippen molar-refractivity contribution in [2.45, 2.75) is 26.7 Å². The Hall–Kier alpha value is -2.34. The molecule has 6 heteroatoms. The zero-order chi connectivity index (χ0) is 18.4. The maximum Gasteiger partial charge on any atom is 0.223 e. The summed E-state index contributed by atoms with van der Waals surface area (Å²) in [5.74, 6) is 1.39. The lowest BCUT2D eigenvalue weighted by Crippen LogP contribution is -2.39. The van der Waals surface area contributed by atoms with Gasteiger partial charge in [0, 0.05) is 17.7 Å². The van der Waals surface area contributed by atoms with E-state index in [2.05, 4.69) is 26.9 Å². The summed E-state index contributed by atoms with van der Waals surface area (Å²) in [4.78, 5) is 12.3. The van der Waals surface area contributed by atoms with Gasteiger partial charge in [-0.1, -0.05) is 6.92 Å². The lowest BCUT2D eigenvalue weighted by atomic mass is 9.85. The van der Waals surface area contributed by atoms with Crippen LogP contribution >= 0.6 is 0 Å². The smallest absolute Gasteiger partial charge is 0.223 e. The van der Waals surface area contributed by atoms with Crippen LogP contribution < -0.4 is 15.4 Å². The van der Waals surface area contributed by atoms with Gasteiger partial charge in [0.15, 0.2) is 0 Å². The fraction of sp³-hybridized carbons (Fsp3) is 0.500. The monoisotopic (exact) mass is 355 g/mol. The number of piperidine rings is 1. The molecule has 2 aromatic rings. The zero-order valence-electron chi connectivity index (χ0n) is 15.5. The number of hydrogen-bond acceptors (Lipinski definition) is 4. The predicted molar refractivity (Wildman–Crippen MR) is 101 cm³/mol. The molecule has 0 saturated carbocycles. The van der Waals surface area contributed by atoms with Crippen molar-refractivity contribution in [2.75, 3.05) is 26.2 Å². The fourth-order valence-electron chi connectivity index (χ4n) is 3.40. The van der Waals surface area contributed by atoms with Gasteiger partial charge in [0.05, 0.1) is 12.2 Å². The molecule has 6 nitrogen and oxygen atoms in total.